The van der Waals surface area contributed by atoms with Gasteiger partial charge in [0.25, 0.3) is 0 Å². The lowest BCUT2D eigenvalue weighted by atomic mass is 9.65. The number of aliphatic hydroxyl groups excluding tert-OH is 1. The predicted octanol–water partition coefficient (Wildman–Crippen LogP) is 5.56. The largest absolute Gasteiger partial charge is 0.393 e. The van der Waals surface area contributed by atoms with Gasteiger partial charge in [0.1, 0.15) is 0 Å². The molecule has 21 heavy (non-hydrogen) atoms. The van der Waals surface area contributed by atoms with Gasteiger partial charge in [-0.3, -0.25) is 0 Å². The molecule has 3 aliphatic rings. The lowest BCUT2D eigenvalue weighted by molar-refractivity contribution is 0.0668. The van der Waals surface area contributed by atoms with Crippen LogP contribution in [-0.4, -0.2) is 11.2 Å². The molecule has 3 saturated carbocycles. The molecule has 122 valence electrons. The Labute approximate surface area is 131 Å². The van der Waals surface area contributed by atoms with Gasteiger partial charge in [-0.05, 0) is 93.8 Å². The van der Waals surface area contributed by atoms with E-state index >= 15 is 0 Å². The van der Waals surface area contributed by atoms with Gasteiger partial charge in [0.15, 0.2) is 0 Å². The topological polar surface area (TPSA) is 20.2 Å². The first-order valence-electron chi connectivity index (χ1n) is 9.94. The summed E-state index contributed by atoms with van der Waals surface area (Å²) in [5.41, 5.74) is 0. The monoisotopic (exact) mass is 292 g/mol. The number of hydrogen-bond donors (Lipinski definition) is 1. The van der Waals surface area contributed by atoms with Crippen LogP contribution < -0.4 is 0 Å². The Morgan fingerprint density at radius 3 is 1.29 bits per heavy atom. The van der Waals surface area contributed by atoms with Gasteiger partial charge in [-0.1, -0.05) is 26.2 Å². The van der Waals surface area contributed by atoms with Crippen LogP contribution >= 0.6 is 0 Å². The fourth-order valence-corrected chi connectivity index (χ4v) is 5.73. The standard InChI is InChI=1S/C20H36O/c1-2-15-3-5-16(6-4-15)17-7-9-18(10-8-17)19-11-13-20(21)14-12-19/h15-21H,2-14H2,1H3/t15-,16-,17-,18-,19?,20?. The maximum absolute atomic E-state index is 9.68. The second-order valence-electron chi connectivity index (χ2n) is 8.43. The summed E-state index contributed by atoms with van der Waals surface area (Å²) in [5.74, 6) is 5.13. The lowest BCUT2D eigenvalue weighted by Crippen LogP contribution is -2.30. The first-order valence-corrected chi connectivity index (χ1v) is 9.94. The molecular weight excluding hydrogens is 256 g/mol. The molecule has 1 N–H and O–H groups in total. The van der Waals surface area contributed by atoms with Gasteiger partial charge in [0, 0.05) is 0 Å². The van der Waals surface area contributed by atoms with Crippen molar-refractivity contribution in [2.24, 2.45) is 29.6 Å². The minimum absolute atomic E-state index is 0.0198. The Morgan fingerprint density at radius 1 is 0.571 bits per heavy atom. The van der Waals surface area contributed by atoms with Crippen LogP contribution in [0.15, 0.2) is 0 Å². The van der Waals surface area contributed by atoms with Crippen LogP contribution in [0.25, 0.3) is 0 Å². The van der Waals surface area contributed by atoms with E-state index in [2.05, 4.69) is 6.92 Å². The molecule has 0 radical (unpaired) electrons. The highest BCUT2D eigenvalue weighted by molar-refractivity contribution is 4.85. The van der Waals surface area contributed by atoms with Crippen LogP contribution in [0, 0.1) is 29.6 Å². The Balaban J connectivity index is 1.41. The summed E-state index contributed by atoms with van der Waals surface area (Å²) < 4.78 is 0. The molecule has 3 fully saturated rings. The summed E-state index contributed by atoms with van der Waals surface area (Å²) in [6.45, 7) is 2.37. The average molecular weight is 293 g/mol. The van der Waals surface area contributed by atoms with E-state index in [-0.39, 0.29) is 6.10 Å². The van der Waals surface area contributed by atoms with Gasteiger partial charge < -0.3 is 5.11 Å². The maximum Gasteiger partial charge on any atom is 0.0540 e. The normalized spacial score (nSPS) is 45.4. The van der Waals surface area contributed by atoms with E-state index < -0.39 is 0 Å². The van der Waals surface area contributed by atoms with E-state index in [0.717, 1.165) is 42.4 Å². The molecule has 0 aromatic rings. The predicted molar refractivity (Wildman–Crippen MR) is 89.2 cm³/mol. The van der Waals surface area contributed by atoms with Crippen molar-refractivity contribution in [2.75, 3.05) is 0 Å². The molecule has 0 unspecified atom stereocenters. The third-order valence-electron chi connectivity index (χ3n) is 7.36. The van der Waals surface area contributed by atoms with Crippen molar-refractivity contribution in [1.29, 1.82) is 0 Å². The molecule has 0 atom stereocenters. The van der Waals surface area contributed by atoms with Crippen molar-refractivity contribution in [1.82, 2.24) is 0 Å². The van der Waals surface area contributed by atoms with Crippen molar-refractivity contribution in [3.8, 4) is 0 Å². The van der Waals surface area contributed by atoms with Crippen molar-refractivity contribution < 1.29 is 5.11 Å². The second kappa shape index (κ2) is 7.49. The first-order chi connectivity index (χ1) is 10.3. The van der Waals surface area contributed by atoms with E-state index in [4.69, 9.17) is 0 Å². The van der Waals surface area contributed by atoms with Gasteiger partial charge >= 0.3 is 0 Å². The molecule has 0 saturated heterocycles. The summed E-state index contributed by atoms with van der Waals surface area (Å²) in [6.07, 6.45) is 18.3. The first kappa shape index (κ1) is 15.8. The van der Waals surface area contributed by atoms with E-state index in [0.29, 0.717) is 0 Å². The minimum atomic E-state index is 0.0198. The number of rotatable bonds is 3. The maximum atomic E-state index is 9.68. The zero-order chi connectivity index (χ0) is 14.7. The Morgan fingerprint density at radius 2 is 0.905 bits per heavy atom. The van der Waals surface area contributed by atoms with Crippen molar-refractivity contribution in [3.63, 3.8) is 0 Å². The Hall–Kier alpha value is -0.0400. The van der Waals surface area contributed by atoms with Gasteiger partial charge in [0.2, 0.25) is 0 Å². The van der Waals surface area contributed by atoms with Crippen molar-refractivity contribution in [2.45, 2.75) is 96.5 Å². The highest BCUT2D eigenvalue weighted by Crippen LogP contribution is 2.45. The lowest BCUT2D eigenvalue weighted by Gasteiger charge is -2.41. The van der Waals surface area contributed by atoms with E-state index in [9.17, 15) is 5.11 Å². The van der Waals surface area contributed by atoms with Crippen LogP contribution in [-0.2, 0) is 0 Å². The molecule has 0 amide bonds. The molecule has 0 spiro atoms. The summed E-state index contributed by atoms with van der Waals surface area (Å²) in [7, 11) is 0. The molecule has 0 bridgehead atoms. The van der Waals surface area contributed by atoms with Gasteiger partial charge in [-0.2, -0.15) is 0 Å². The zero-order valence-electron chi connectivity index (χ0n) is 14.1. The van der Waals surface area contributed by atoms with E-state index in [1.165, 1.54) is 70.6 Å². The van der Waals surface area contributed by atoms with Crippen LogP contribution in [0.2, 0.25) is 0 Å². The molecule has 3 aliphatic carbocycles. The van der Waals surface area contributed by atoms with Crippen LogP contribution in [0.4, 0.5) is 0 Å². The van der Waals surface area contributed by atoms with Gasteiger partial charge in [-0.25, -0.2) is 0 Å². The highest BCUT2D eigenvalue weighted by Gasteiger charge is 2.34. The number of hydrogen-bond acceptors (Lipinski definition) is 1. The van der Waals surface area contributed by atoms with Crippen molar-refractivity contribution in [3.05, 3.63) is 0 Å². The Kier molecular flexibility index (Phi) is 5.65. The minimum Gasteiger partial charge on any atom is -0.393 e. The molecule has 1 nitrogen and oxygen atoms in total. The fourth-order valence-electron chi connectivity index (χ4n) is 5.73. The van der Waals surface area contributed by atoms with Gasteiger partial charge in [0.05, 0.1) is 6.10 Å². The summed E-state index contributed by atoms with van der Waals surface area (Å²) in [6, 6.07) is 0. The molecule has 1 heteroatoms. The van der Waals surface area contributed by atoms with Crippen LogP contribution in [0.3, 0.4) is 0 Å². The molecule has 0 aromatic carbocycles. The third-order valence-corrected chi connectivity index (χ3v) is 7.36. The van der Waals surface area contributed by atoms with E-state index in [1.54, 1.807) is 0 Å². The Bertz CT molecular complexity index is 289. The third kappa shape index (κ3) is 4.03. The quantitative estimate of drug-likeness (QED) is 0.722. The molecule has 0 aromatic heterocycles. The van der Waals surface area contributed by atoms with Gasteiger partial charge in [-0.15, -0.1) is 0 Å². The average Bonchev–Trinajstić information content (AvgIpc) is 2.56. The van der Waals surface area contributed by atoms with Crippen LogP contribution in [0.5, 0.6) is 0 Å². The smallest absolute Gasteiger partial charge is 0.0540 e. The summed E-state index contributed by atoms with van der Waals surface area (Å²) in [4.78, 5) is 0. The molecule has 0 aliphatic heterocycles. The molecule has 3 rings (SSSR count). The molecule has 0 heterocycles. The van der Waals surface area contributed by atoms with E-state index in [1.807, 2.05) is 0 Å². The highest BCUT2D eigenvalue weighted by atomic mass is 16.3. The molecular formula is C20H36O. The number of aliphatic hydroxyl groups is 1. The SMILES string of the molecule is CC[C@H]1CC[C@H]([C@H]2CC[C@H](C3CCC(O)CC3)CC2)CC1. The van der Waals surface area contributed by atoms with Crippen molar-refractivity contribution >= 4 is 0 Å². The second-order valence-corrected chi connectivity index (χ2v) is 8.43. The van der Waals surface area contributed by atoms with Crippen LogP contribution in [0.1, 0.15) is 90.4 Å². The zero-order valence-corrected chi connectivity index (χ0v) is 14.1. The summed E-state index contributed by atoms with van der Waals surface area (Å²) in [5, 5.41) is 9.68. The summed E-state index contributed by atoms with van der Waals surface area (Å²) >= 11 is 0. The fraction of sp³-hybridized carbons (Fsp3) is 1.00.